The van der Waals surface area contributed by atoms with Crippen LogP contribution in [0, 0.1) is 18.3 Å². The standard InChI is InChI=1S/C15H18N2O5/c1-4-7-16-12(18)9-22-15(20)13(10(2)3)17-14(19)11-6-5-8-21-11/h1,5-6,8,10,13H,7,9H2,2-3H3,(H,16,18)(H,17,19)/t13-/m0/s1. The number of esters is 1. The maximum absolute atomic E-state index is 12.0. The van der Waals surface area contributed by atoms with E-state index in [4.69, 9.17) is 15.6 Å². The van der Waals surface area contributed by atoms with Crippen LogP contribution >= 0.6 is 0 Å². The van der Waals surface area contributed by atoms with Crippen LogP contribution in [0.25, 0.3) is 0 Å². The van der Waals surface area contributed by atoms with Gasteiger partial charge in [0.15, 0.2) is 12.4 Å². The molecule has 1 atom stereocenters. The first-order valence-corrected chi connectivity index (χ1v) is 6.67. The maximum Gasteiger partial charge on any atom is 0.329 e. The summed E-state index contributed by atoms with van der Waals surface area (Å²) in [5.74, 6) is 0.354. The average molecular weight is 306 g/mol. The third kappa shape index (κ3) is 5.32. The SMILES string of the molecule is C#CCNC(=O)COC(=O)[C@@H](NC(=O)c1ccco1)C(C)C. The van der Waals surface area contributed by atoms with Crippen molar-refractivity contribution in [1.82, 2.24) is 10.6 Å². The lowest BCUT2D eigenvalue weighted by Gasteiger charge is -2.20. The predicted octanol–water partition coefficient (Wildman–Crippen LogP) is 0.327. The quantitative estimate of drug-likeness (QED) is 0.559. The van der Waals surface area contributed by atoms with Crippen LogP contribution in [0.1, 0.15) is 24.4 Å². The summed E-state index contributed by atoms with van der Waals surface area (Å²) in [7, 11) is 0. The highest BCUT2D eigenvalue weighted by atomic mass is 16.5. The van der Waals surface area contributed by atoms with Crippen LogP contribution in [0.15, 0.2) is 22.8 Å². The Morgan fingerprint density at radius 3 is 2.68 bits per heavy atom. The van der Waals surface area contributed by atoms with Crippen molar-refractivity contribution in [2.45, 2.75) is 19.9 Å². The van der Waals surface area contributed by atoms with E-state index in [2.05, 4.69) is 16.6 Å². The summed E-state index contributed by atoms with van der Waals surface area (Å²) in [6.45, 7) is 3.08. The highest BCUT2D eigenvalue weighted by Crippen LogP contribution is 2.07. The van der Waals surface area contributed by atoms with E-state index < -0.39 is 30.4 Å². The Kier molecular flexibility index (Phi) is 6.70. The van der Waals surface area contributed by atoms with Crippen molar-refractivity contribution in [3.8, 4) is 12.3 Å². The van der Waals surface area contributed by atoms with E-state index in [0.717, 1.165) is 0 Å². The normalized spacial score (nSPS) is 11.4. The van der Waals surface area contributed by atoms with Gasteiger partial charge in [-0.1, -0.05) is 19.8 Å². The molecule has 7 nitrogen and oxygen atoms in total. The smallest absolute Gasteiger partial charge is 0.329 e. The van der Waals surface area contributed by atoms with E-state index in [1.165, 1.54) is 12.3 Å². The molecule has 22 heavy (non-hydrogen) atoms. The van der Waals surface area contributed by atoms with Gasteiger partial charge in [0.2, 0.25) is 0 Å². The molecule has 0 aromatic carbocycles. The molecule has 0 radical (unpaired) electrons. The average Bonchev–Trinajstić information content (AvgIpc) is 3.01. The van der Waals surface area contributed by atoms with Crippen molar-refractivity contribution in [3.05, 3.63) is 24.2 Å². The Hall–Kier alpha value is -2.75. The lowest BCUT2D eigenvalue weighted by Crippen LogP contribution is -2.46. The van der Waals surface area contributed by atoms with Gasteiger partial charge in [-0.15, -0.1) is 6.42 Å². The number of nitrogens with one attached hydrogen (secondary N) is 2. The number of carbonyl (C=O) groups is 3. The van der Waals surface area contributed by atoms with Crippen LogP contribution in [0.5, 0.6) is 0 Å². The van der Waals surface area contributed by atoms with Crippen molar-refractivity contribution in [2.75, 3.05) is 13.2 Å². The van der Waals surface area contributed by atoms with E-state index in [9.17, 15) is 14.4 Å². The Balaban J connectivity index is 2.55. The van der Waals surface area contributed by atoms with Gasteiger partial charge in [0.1, 0.15) is 6.04 Å². The summed E-state index contributed by atoms with van der Waals surface area (Å²) < 4.78 is 9.83. The number of carbonyl (C=O) groups excluding carboxylic acids is 3. The van der Waals surface area contributed by atoms with Crippen molar-refractivity contribution < 1.29 is 23.5 Å². The van der Waals surface area contributed by atoms with Crippen molar-refractivity contribution >= 4 is 17.8 Å². The molecule has 1 aromatic heterocycles. The van der Waals surface area contributed by atoms with Crippen LogP contribution in [0.2, 0.25) is 0 Å². The number of amides is 2. The largest absolute Gasteiger partial charge is 0.459 e. The van der Waals surface area contributed by atoms with Crippen LogP contribution < -0.4 is 10.6 Å². The summed E-state index contributed by atoms with van der Waals surface area (Å²) in [6, 6.07) is 2.15. The molecule has 1 heterocycles. The van der Waals surface area contributed by atoms with Gasteiger partial charge in [-0.3, -0.25) is 9.59 Å². The maximum atomic E-state index is 12.0. The molecule has 0 fully saturated rings. The summed E-state index contributed by atoms with van der Waals surface area (Å²) in [4.78, 5) is 35.2. The minimum absolute atomic E-state index is 0.0548. The number of rotatable bonds is 7. The fourth-order valence-corrected chi connectivity index (χ4v) is 1.54. The zero-order chi connectivity index (χ0) is 16.5. The fourth-order valence-electron chi connectivity index (χ4n) is 1.54. The zero-order valence-corrected chi connectivity index (χ0v) is 12.4. The molecular weight excluding hydrogens is 288 g/mol. The van der Waals surface area contributed by atoms with Crippen molar-refractivity contribution in [2.24, 2.45) is 5.92 Å². The number of furan rings is 1. The summed E-state index contributed by atoms with van der Waals surface area (Å²) in [5, 5.41) is 4.88. The first kappa shape index (κ1) is 17.3. The molecule has 0 spiro atoms. The Morgan fingerprint density at radius 1 is 1.41 bits per heavy atom. The Bertz CT molecular complexity index is 557. The highest BCUT2D eigenvalue weighted by molar-refractivity contribution is 5.94. The second-order valence-electron chi connectivity index (χ2n) is 4.76. The molecule has 0 aliphatic rings. The number of terminal acetylenes is 1. The van der Waals surface area contributed by atoms with Crippen LogP contribution in [-0.2, 0) is 14.3 Å². The van der Waals surface area contributed by atoms with Gasteiger partial charge < -0.3 is 19.8 Å². The zero-order valence-electron chi connectivity index (χ0n) is 12.4. The molecule has 2 N–H and O–H groups in total. The molecule has 2 amide bonds. The van der Waals surface area contributed by atoms with Crippen LogP contribution in [-0.4, -0.2) is 37.0 Å². The Morgan fingerprint density at radius 2 is 2.14 bits per heavy atom. The van der Waals surface area contributed by atoms with Crippen LogP contribution in [0.4, 0.5) is 0 Å². The molecule has 0 unspecified atom stereocenters. The Labute approximate surface area is 128 Å². The topological polar surface area (TPSA) is 97.6 Å². The second kappa shape index (κ2) is 8.52. The van der Waals surface area contributed by atoms with E-state index in [0.29, 0.717) is 0 Å². The number of hydrogen-bond donors (Lipinski definition) is 2. The van der Waals surface area contributed by atoms with Gasteiger partial charge >= 0.3 is 5.97 Å². The molecule has 0 bridgehead atoms. The molecular formula is C15H18N2O5. The third-order valence-corrected chi connectivity index (χ3v) is 2.69. The lowest BCUT2D eigenvalue weighted by atomic mass is 10.0. The highest BCUT2D eigenvalue weighted by Gasteiger charge is 2.27. The lowest BCUT2D eigenvalue weighted by molar-refractivity contribution is -0.151. The molecule has 0 saturated heterocycles. The molecule has 0 aliphatic carbocycles. The van der Waals surface area contributed by atoms with Crippen molar-refractivity contribution in [1.29, 1.82) is 0 Å². The van der Waals surface area contributed by atoms with Gasteiger partial charge in [-0.25, -0.2) is 4.79 Å². The van der Waals surface area contributed by atoms with Gasteiger partial charge in [0.05, 0.1) is 12.8 Å². The van der Waals surface area contributed by atoms with E-state index in [1.54, 1.807) is 19.9 Å². The van der Waals surface area contributed by atoms with E-state index in [-0.39, 0.29) is 18.2 Å². The summed E-state index contributed by atoms with van der Waals surface area (Å²) in [5.41, 5.74) is 0. The fraction of sp³-hybridized carbons (Fsp3) is 0.400. The first-order chi connectivity index (χ1) is 10.5. The van der Waals surface area contributed by atoms with Crippen molar-refractivity contribution in [3.63, 3.8) is 0 Å². The summed E-state index contributed by atoms with van der Waals surface area (Å²) in [6.07, 6.45) is 6.35. The predicted molar refractivity (Wildman–Crippen MR) is 77.6 cm³/mol. The summed E-state index contributed by atoms with van der Waals surface area (Å²) >= 11 is 0. The molecule has 1 rings (SSSR count). The third-order valence-electron chi connectivity index (χ3n) is 2.69. The number of hydrogen-bond acceptors (Lipinski definition) is 5. The van der Waals surface area contributed by atoms with Gasteiger partial charge in [0, 0.05) is 0 Å². The molecule has 7 heteroatoms. The monoisotopic (exact) mass is 306 g/mol. The molecule has 118 valence electrons. The van der Waals surface area contributed by atoms with Crippen LogP contribution in [0.3, 0.4) is 0 Å². The number of ether oxygens (including phenoxy) is 1. The van der Waals surface area contributed by atoms with Gasteiger partial charge in [-0.05, 0) is 18.1 Å². The molecule has 1 aromatic rings. The van der Waals surface area contributed by atoms with Gasteiger partial charge in [-0.2, -0.15) is 0 Å². The minimum Gasteiger partial charge on any atom is -0.459 e. The minimum atomic E-state index is -0.891. The first-order valence-electron chi connectivity index (χ1n) is 6.67. The second-order valence-corrected chi connectivity index (χ2v) is 4.76. The van der Waals surface area contributed by atoms with E-state index >= 15 is 0 Å². The van der Waals surface area contributed by atoms with E-state index in [1.807, 2.05) is 0 Å². The molecule has 0 saturated carbocycles. The molecule has 0 aliphatic heterocycles. The van der Waals surface area contributed by atoms with Gasteiger partial charge in [0.25, 0.3) is 11.8 Å².